The molecule has 0 radical (unpaired) electrons. The summed E-state index contributed by atoms with van der Waals surface area (Å²) in [6.45, 7) is 4.10. The number of nitrogens with zero attached hydrogens (tertiary/aromatic N) is 3. The standard InChI is InChI=1S/C17H21N5O2/c1-2-22-15(7-8-20-22)16-12(4-3-9-24-16)11-19-17(23)14-6-5-13(10-18)21-14/h5-8,12,16,21H,2-4,9,11H2,1H3,(H,19,23)/t12-,16+/m0/s1. The fourth-order valence-electron chi connectivity index (χ4n) is 3.14. The molecule has 0 saturated carbocycles. The summed E-state index contributed by atoms with van der Waals surface area (Å²) >= 11 is 0. The van der Waals surface area contributed by atoms with Crippen molar-refractivity contribution in [3.8, 4) is 6.07 Å². The Balaban J connectivity index is 1.66. The highest BCUT2D eigenvalue weighted by Gasteiger charge is 2.30. The number of hydrogen-bond acceptors (Lipinski definition) is 4. The molecule has 0 unspecified atom stereocenters. The third kappa shape index (κ3) is 3.34. The van der Waals surface area contributed by atoms with Crippen LogP contribution in [0, 0.1) is 17.2 Å². The lowest BCUT2D eigenvalue weighted by atomic mass is 9.92. The Morgan fingerprint density at radius 1 is 1.54 bits per heavy atom. The third-order valence-electron chi connectivity index (χ3n) is 4.36. The number of aromatic nitrogens is 3. The summed E-state index contributed by atoms with van der Waals surface area (Å²) in [6.07, 6.45) is 3.71. The second kappa shape index (κ2) is 7.32. The van der Waals surface area contributed by atoms with Gasteiger partial charge in [0.1, 0.15) is 23.6 Å². The van der Waals surface area contributed by atoms with Crippen molar-refractivity contribution in [2.75, 3.05) is 13.2 Å². The minimum absolute atomic E-state index is 0.0557. The van der Waals surface area contributed by atoms with Crippen LogP contribution in [-0.4, -0.2) is 33.8 Å². The molecule has 2 aromatic heterocycles. The molecule has 2 N–H and O–H groups in total. The number of rotatable bonds is 5. The Bertz CT molecular complexity index is 742. The predicted molar refractivity (Wildman–Crippen MR) is 87.2 cm³/mol. The highest BCUT2D eigenvalue weighted by Crippen LogP contribution is 2.33. The van der Waals surface area contributed by atoms with E-state index in [-0.39, 0.29) is 17.9 Å². The van der Waals surface area contributed by atoms with Gasteiger partial charge < -0.3 is 15.0 Å². The van der Waals surface area contributed by atoms with Gasteiger partial charge in [0.05, 0.1) is 5.69 Å². The fraction of sp³-hybridized carbons (Fsp3) is 0.471. The van der Waals surface area contributed by atoms with Crippen molar-refractivity contribution in [3.05, 3.63) is 41.5 Å². The van der Waals surface area contributed by atoms with Gasteiger partial charge in [0.2, 0.25) is 0 Å². The van der Waals surface area contributed by atoms with E-state index in [0.29, 0.717) is 17.9 Å². The van der Waals surface area contributed by atoms with Crippen molar-refractivity contribution in [3.63, 3.8) is 0 Å². The van der Waals surface area contributed by atoms with Crippen LogP contribution in [0.25, 0.3) is 0 Å². The molecule has 3 rings (SSSR count). The summed E-state index contributed by atoms with van der Waals surface area (Å²) in [5.74, 6) is -0.0000721. The number of carbonyl (C=O) groups excluding carboxylic acids is 1. The number of aromatic amines is 1. The van der Waals surface area contributed by atoms with Gasteiger partial charge >= 0.3 is 0 Å². The van der Waals surface area contributed by atoms with Crippen LogP contribution in [0.5, 0.6) is 0 Å². The largest absolute Gasteiger partial charge is 0.372 e. The van der Waals surface area contributed by atoms with E-state index < -0.39 is 0 Å². The number of nitriles is 1. The SMILES string of the molecule is CCn1nccc1[C@@H]1OCCC[C@H]1CNC(=O)c1ccc(C#N)[nH]1. The minimum Gasteiger partial charge on any atom is -0.372 e. The van der Waals surface area contributed by atoms with Gasteiger partial charge in [0.15, 0.2) is 0 Å². The van der Waals surface area contributed by atoms with E-state index in [0.717, 1.165) is 31.7 Å². The molecule has 1 amide bonds. The van der Waals surface area contributed by atoms with E-state index in [1.807, 2.05) is 23.7 Å². The maximum Gasteiger partial charge on any atom is 0.267 e. The molecule has 7 nitrogen and oxygen atoms in total. The summed E-state index contributed by atoms with van der Waals surface area (Å²) in [5.41, 5.74) is 1.84. The average molecular weight is 327 g/mol. The highest BCUT2D eigenvalue weighted by molar-refractivity contribution is 5.92. The number of amides is 1. The summed E-state index contributed by atoms with van der Waals surface area (Å²) in [7, 11) is 0. The normalized spacial score (nSPS) is 20.5. The summed E-state index contributed by atoms with van der Waals surface area (Å²) in [5, 5.41) is 16.1. The molecule has 0 aromatic carbocycles. The Morgan fingerprint density at radius 3 is 3.17 bits per heavy atom. The van der Waals surface area contributed by atoms with Crippen LogP contribution >= 0.6 is 0 Å². The number of hydrogen-bond donors (Lipinski definition) is 2. The van der Waals surface area contributed by atoms with Gasteiger partial charge in [-0.1, -0.05) is 0 Å². The van der Waals surface area contributed by atoms with Crippen LogP contribution in [-0.2, 0) is 11.3 Å². The molecule has 2 aromatic rings. The zero-order valence-electron chi connectivity index (χ0n) is 13.7. The van der Waals surface area contributed by atoms with Crippen molar-refractivity contribution in [1.29, 1.82) is 5.26 Å². The second-order valence-corrected chi connectivity index (χ2v) is 5.87. The van der Waals surface area contributed by atoms with Crippen LogP contribution < -0.4 is 5.32 Å². The zero-order valence-corrected chi connectivity index (χ0v) is 13.7. The van der Waals surface area contributed by atoms with Crippen molar-refractivity contribution < 1.29 is 9.53 Å². The maximum absolute atomic E-state index is 12.2. The van der Waals surface area contributed by atoms with Gasteiger partial charge in [-0.05, 0) is 38.0 Å². The lowest BCUT2D eigenvalue weighted by molar-refractivity contribution is -0.0321. The average Bonchev–Trinajstić information content (AvgIpc) is 3.28. The first-order valence-electron chi connectivity index (χ1n) is 8.23. The highest BCUT2D eigenvalue weighted by atomic mass is 16.5. The second-order valence-electron chi connectivity index (χ2n) is 5.87. The molecule has 1 saturated heterocycles. The molecule has 2 atom stereocenters. The quantitative estimate of drug-likeness (QED) is 0.878. The van der Waals surface area contributed by atoms with E-state index >= 15 is 0 Å². The molecule has 126 valence electrons. The molecular formula is C17H21N5O2. The zero-order chi connectivity index (χ0) is 16.9. The van der Waals surface area contributed by atoms with Gasteiger partial charge in [0, 0.05) is 31.8 Å². The molecular weight excluding hydrogens is 306 g/mol. The van der Waals surface area contributed by atoms with Crippen molar-refractivity contribution >= 4 is 5.91 Å². The molecule has 1 fully saturated rings. The minimum atomic E-state index is -0.204. The molecule has 24 heavy (non-hydrogen) atoms. The number of carbonyl (C=O) groups is 1. The van der Waals surface area contributed by atoms with E-state index in [2.05, 4.69) is 15.4 Å². The summed E-state index contributed by atoms with van der Waals surface area (Å²) < 4.78 is 7.91. The maximum atomic E-state index is 12.2. The van der Waals surface area contributed by atoms with Crippen molar-refractivity contribution in [2.24, 2.45) is 5.92 Å². The predicted octanol–water partition coefficient (Wildman–Crippen LogP) is 2.00. The topological polar surface area (TPSA) is 95.7 Å². The Morgan fingerprint density at radius 2 is 2.42 bits per heavy atom. The first-order valence-corrected chi connectivity index (χ1v) is 8.23. The Hall–Kier alpha value is -2.59. The molecule has 3 heterocycles. The monoisotopic (exact) mass is 327 g/mol. The number of nitrogens with one attached hydrogen (secondary N) is 2. The van der Waals surface area contributed by atoms with Gasteiger partial charge in [-0.3, -0.25) is 9.48 Å². The van der Waals surface area contributed by atoms with Crippen molar-refractivity contribution in [1.82, 2.24) is 20.1 Å². The van der Waals surface area contributed by atoms with Crippen molar-refractivity contribution in [2.45, 2.75) is 32.4 Å². The van der Waals surface area contributed by atoms with Crippen LogP contribution in [0.15, 0.2) is 24.4 Å². The summed E-state index contributed by atoms with van der Waals surface area (Å²) in [6, 6.07) is 7.18. The van der Waals surface area contributed by atoms with Gasteiger partial charge in [-0.2, -0.15) is 10.4 Å². The van der Waals surface area contributed by atoms with E-state index in [1.165, 1.54) is 0 Å². The fourth-order valence-corrected chi connectivity index (χ4v) is 3.14. The third-order valence-corrected chi connectivity index (χ3v) is 4.36. The van der Waals surface area contributed by atoms with Crippen LogP contribution in [0.2, 0.25) is 0 Å². The molecule has 0 spiro atoms. The number of aryl methyl sites for hydroxylation is 1. The van der Waals surface area contributed by atoms with Gasteiger partial charge in [-0.15, -0.1) is 0 Å². The van der Waals surface area contributed by atoms with E-state index in [4.69, 9.17) is 10.00 Å². The van der Waals surface area contributed by atoms with Crippen LogP contribution in [0.3, 0.4) is 0 Å². The number of ether oxygens (including phenoxy) is 1. The molecule has 7 heteroatoms. The first kappa shape index (κ1) is 16.3. The molecule has 1 aliphatic heterocycles. The lowest BCUT2D eigenvalue weighted by Crippen LogP contribution is -2.36. The molecule has 0 aliphatic carbocycles. The lowest BCUT2D eigenvalue weighted by Gasteiger charge is -2.32. The van der Waals surface area contributed by atoms with Gasteiger partial charge in [0.25, 0.3) is 5.91 Å². The number of H-pyrrole nitrogens is 1. The molecule has 1 aliphatic rings. The Kier molecular flexibility index (Phi) is 4.96. The first-order chi connectivity index (χ1) is 11.7. The molecule has 0 bridgehead atoms. The Labute approximate surface area is 140 Å². The van der Waals surface area contributed by atoms with Crippen LogP contribution in [0.4, 0.5) is 0 Å². The van der Waals surface area contributed by atoms with Crippen LogP contribution in [0.1, 0.15) is 47.7 Å². The smallest absolute Gasteiger partial charge is 0.267 e. The van der Waals surface area contributed by atoms with Gasteiger partial charge in [-0.25, -0.2) is 0 Å². The van der Waals surface area contributed by atoms with E-state index in [1.54, 1.807) is 18.3 Å². The van der Waals surface area contributed by atoms with E-state index in [9.17, 15) is 4.79 Å². The summed E-state index contributed by atoms with van der Waals surface area (Å²) in [4.78, 5) is 15.0.